The molecule has 2 rings (SSSR count). The predicted molar refractivity (Wildman–Crippen MR) is 118 cm³/mol. The van der Waals surface area contributed by atoms with Crippen molar-refractivity contribution in [3.63, 3.8) is 0 Å². The van der Waals surface area contributed by atoms with Gasteiger partial charge < -0.3 is 26.5 Å². The lowest BCUT2D eigenvalue weighted by atomic mass is 10.1. The number of nitrogens with zero attached hydrogens (tertiary/aromatic N) is 1. The number of halogens is 2. The number of ether oxygens (including phenoxy) is 1. The number of amides is 1. The van der Waals surface area contributed by atoms with Crippen LogP contribution < -0.4 is 16.4 Å². The Morgan fingerprint density at radius 3 is 2.76 bits per heavy atom. The molecule has 1 atom stereocenters. The Balaban J connectivity index is 1.97. The van der Waals surface area contributed by atoms with Gasteiger partial charge in [0.25, 0.3) is 5.91 Å². The van der Waals surface area contributed by atoms with E-state index in [0.29, 0.717) is 34.4 Å². The molecule has 0 aliphatic rings. The third-order valence-corrected chi connectivity index (χ3v) is 4.69. The first-order valence-corrected chi connectivity index (χ1v) is 9.57. The minimum absolute atomic E-state index is 0.115. The van der Waals surface area contributed by atoms with Crippen molar-refractivity contribution in [1.82, 2.24) is 15.6 Å². The third-order valence-electron chi connectivity index (χ3n) is 3.95. The first kappa shape index (κ1) is 22.7. The molecule has 5 N–H and O–H groups in total. The fraction of sp³-hybridized carbons (Fsp3) is 0.250. The van der Waals surface area contributed by atoms with Gasteiger partial charge in [-0.25, -0.2) is 4.98 Å². The average Bonchev–Trinajstić information content (AvgIpc) is 2.69. The van der Waals surface area contributed by atoms with Gasteiger partial charge in [0.2, 0.25) is 0 Å². The number of hydrogen-bond acceptors (Lipinski definition) is 6. The van der Waals surface area contributed by atoms with E-state index in [0.717, 1.165) is 5.56 Å². The molecule has 2 aromatic rings. The van der Waals surface area contributed by atoms with Crippen LogP contribution >= 0.6 is 23.2 Å². The first-order valence-electron chi connectivity index (χ1n) is 8.82. The number of hydrogen-bond donors (Lipinski definition) is 4. The molecule has 29 heavy (non-hydrogen) atoms. The maximum absolute atomic E-state index is 12.6. The van der Waals surface area contributed by atoms with Crippen molar-refractivity contribution in [1.29, 1.82) is 5.41 Å². The summed E-state index contributed by atoms with van der Waals surface area (Å²) in [6.45, 7) is 2.46. The van der Waals surface area contributed by atoms with Crippen molar-refractivity contribution in [3.05, 3.63) is 63.4 Å². The van der Waals surface area contributed by atoms with Crippen LogP contribution in [-0.2, 0) is 11.3 Å². The summed E-state index contributed by atoms with van der Waals surface area (Å²) >= 11 is 11.9. The number of carbonyl (C=O) groups is 1. The molecule has 0 aliphatic heterocycles. The van der Waals surface area contributed by atoms with Crippen molar-refractivity contribution in [2.45, 2.75) is 19.6 Å². The molecular weight excluding hydrogens is 413 g/mol. The number of nitrogens with one attached hydrogen (secondary N) is 3. The summed E-state index contributed by atoms with van der Waals surface area (Å²) < 4.78 is 5.64. The molecule has 7 nitrogen and oxygen atoms in total. The van der Waals surface area contributed by atoms with Gasteiger partial charge in [-0.1, -0.05) is 29.3 Å². The molecule has 0 bridgehead atoms. The van der Waals surface area contributed by atoms with E-state index in [1.165, 1.54) is 12.4 Å². The second-order valence-electron chi connectivity index (χ2n) is 6.33. The fourth-order valence-electron chi connectivity index (χ4n) is 2.51. The maximum atomic E-state index is 12.6. The zero-order valence-electron chi connectivity index (χ0n) is 16.1. The number of benzene rings is 1. The van der Waals surface area contributed by atoms with Crippen molar-refractivity contribution < 1.29 is 9.53 Å². The molecule has 0 spiro atoms. The van der Waals surface area contributed by atoms with Crippen molar-refractivity contribution in [3.8, 4) is 0 Å². The number of rotatable bonds is 9. The van der Waals surface area contributed by atoms with E-state index in [1.807, 2.05) is 13.0 Å². The summed E-state index contributed by atoms with van der Waals surface area (Å²) in [5, 5.41) is 14.1. The molecule has 0 aliphatic carbocycles. The number of carbonyl (C=O) groups excluding carboxylic acids is 1. The normalized spacial score (nSPS) is 12.3. The highest BCUT2D eigenvalue weighted by atomic mass is 35.5. The van der Waals surface area contributed by atoms with E-state index in [2.05, 4.69) is 15.6 Å². The molecular formula is C20H23Cl2N5O2. The van der Waals surface area contributed by atoms with E-state index < -0.39 is 0 Å². The first-order chi connectivity index (χ1) is 13.8. The summed E-state index contributed by atoms with van der Waals surface area (Å²) in [5.41, 5.74) is 8.17. The monoisotopic (exact) mass is 435 g/mol. The van der Waals surface area contributed by atoms with Crippen molar-refractivity contribution >= 4 is 46.7 Å². The Bertz CT molecular complexity index is 918. The molecule has 1 amide bonds. The van der Waals surface area contributed by atoms with Gasteiger partial charge in [-0.3, -0.25) is 4.79 Å². The molecule has 1 aromatic carbocycles. The van der Waals surface area contributed by atoms with E-state index in [1.54, 1.807) is 31.4 Å². The van der Waals surface area contributed by atoms with Crippen LogP contribution in [0.3, 0.4) is 0 Å². The van der Waals surface area contributed by atoms with Gasteiger partial charge in [-0.15, -0.1) is 0 Å². The average molecular weight is 436 g/mol. The second kappa shape index (κ2) is 10.8. The van der Waals surface area contributed by atoms with Crippen LogP contribution in [0.15, 0.2) is 36.7 Å². The SMILES string of the molecule is CN/C=C(\C=N)c1cnc(N)c(C(=O)NC(C)COCc2ccc(Cl)c(Cl)c2)c1. The van der Waals surface area contributed by atoms with E-state index in [9.17, 15) is 4.79 Å². The number of anilines is 1. The van der Waals surface area contributed by atoms with Gasteiger partial charge in [-0.05, 0) is 30.7 Å². The minimum atomic E-state index is -0.365. The highest BCUT2D eigenvalue weighted by Gasteiger charge is 2.15. The van der Waals surface area contributed by atoms with Gasteiger partial charge >= 0.3 is 0 Å². The zero-order valence-corrected chi connectivity index (χ0v) is 17.6. The lowest BCUT2D eigenvalue weighted by Gasteiger charge is -2.16. The Morgan fingerprint density at radius 1 is 1.34 bits per heavy atom. The number of pyridine rings is 1. The summed E-state index contributed by atoms with van der Waals surface area (Å²) in [7, 11) is 1.72. The quantitative estimate of drug-likeness (QED) is 0.450. The Hall–Kier alpha value is -2.61. The number of nitrogens with two attached hydrogens (primary N) is 1. The Kier molecular flexibility index (Phi) is 8.45. The smallest absolute Gasteiger partial charge is 0.255 e. The number of aromatic nitrogens is 1. The van der Waals surface area contributed by atoms with Gasteiger partial charge in [0.05, 0.1) is 28.8 Å². The van der Waals surface area contributed by atoms with Crippen LogP contribution in [0, 0.1) is 5.41 Å². The van der Waals surface area contributed by atoms with Crippen LogP contribution in [0.2, 0.25) is 10.0 Å². The maximum Gasteiger partial charge on any atom is 0.255 e. The van der Waals surface area contributed by atoms with Crippen LogP contribution in [-0.4, -0.2) is 36.8 Å². The molecule has 1 heterocycles. The Labute approximate surface area is 179 Å². The lowest BCUT2D eigenvalue weighted by molar-refractivity contribution is 0.0821. The summed E-state index contributed by atoms with van der Waals surface area (Å²) in [6, 6.07) is 6.62. The van der Waals surface area contributed by atoms with E-state index in [4.69, 9.17) is 39.1 Å². The number of nitrogen functional groups attached to an aromatic ring is 1. The van der Waals surface area contributed by atoms with E-state index >= 15 is 0 Å². The molecule has 0 fully saturated rings. The number of allylic oxidation sites excluding steroid dienone is 1. The second-order valence-corrected chi connectivity index (χ2v) is 7.14. The molecule has 0 saturated heterocycles. The van der Waals surface area contributed by atoms with Gasteiger partial charge in [-0.2, -0.15) is 0 Å². The van der Waals surface area contributed by atoms with Gasteiger partial charge in [0, 0.05) is 42.8 Å². The highest BCUT2D eigenvalue weighted by Crippen LogP contribution is 2.23. The van der Waals surface area contributed by atoms with Crippen LogP contribution in [0.5, 0.6) is 0 Å². The van der Waals surface area contributed by atoms with Crippen LogP contribution in [0.1, 0.15) is 28.4 Å². The van der Waals surface area contributed by atoms with Gasteiger partial charge in [0.1, 0.15) is 5.82 Å². The molecule has 9 heteroatoms. The summed E-state index contributed by atoms with van der Waals surface area (Å²) in [5.74, 6) is -0.250. The van der Waals surface area contributed by atoms with Crippen molar-refractivity contribution in [2.75, 3.05) is 19.4 Å². The topological polar surface area (TPSA) is 113 Å². The minimum Gasteiger partial charge on any atom is -0.393 e. The fourth-order valence-corrected chi connectivity index (χ4v) is 2.83. The van der Waals surface area contributed by atoms with E-state index in [-0.39, 0.29) is 23.3 Å². The predicted octanol–water partition coefficient (Wildman–Crippen LogP) is 3.52. The molecule has 154 valence electrons. The summed E-state index contributed by atoms with van der Waals surface area (Å²) in [6.07, 6.45) is 4.33. The molecule has 1 aromatic heterocycles. The van der Waals surface area contributed by atoms with Crippen LogP contribution in [0.25, 0.3) is 5.57 Å². The molecule has 1 unspecified atom stereocenters. The molecule has 0 saturated carbocycles. The largest absolute Gasteiger partial charge is 0.393 e. The third kappa shape index (κ3) is 6.45. The van der Waals surface area contributed by atoms with Crippen LogP contribution in [0.4, 0.5) is 5.82 Å². The molecule has 0 radical (unpaired) electrons. The zero-order chi connectivity index (χ0) is 21.4. The lowest BCUT2D eigenvalue weighted by Crippen LogP contribution is -2.36. The van der Waals surface area contributed by atoms with Crippen molar-refractivity contribution in [2.24, 2.45) is 0 Å². The van der Waals surface area contributed by atoms with Gasteiger partial charge in [0.15, 0.2) is 0 Å². The standard InChI is InChI=1S/C20H23Cl2N5O2/c1-12(10-29-11-13-3-4-17(21)18(22)5-13)27-20(28)16-6-14(9-26-19(16)24)15(7-23)8-25-2/h3-9,12,23,25H,10-11H2,1-2H3,(H2,24,26)(H,27,28)/b15-8+,23-7?. The summed E-state index contributed by atoms with van der Waals surface area (Å²) in [4.78, 5) is 16.7. The Morgan fingerprint density at radius 2 is 2.10 bits per heavy atom. The highest BCUT2D eigenvalue weighted by molar-refractivity contribution is 6.42.